The molecule has 0 saturated carbocycles. The van der Waals surface area contributed by atoms with Crippen molar-refractivity contribution in [3.05, 3.63) is 63.6 Å². The van der Waals surface area contributed by atoms with Crippen LogP contribution in [0.25, 0.3) is 0 Å². The number of anilines is 1. The fraction of sp³-hybridized carbons (Fsp3) is 0.440. The van der Waals surface area contributed by atoms with Gasteiger partial charge in [-0.15, -0.1) is 0 Å². The maximum atomic E-state index is 13.7. The molecule has 2 aromatic carbocycles. The summed E-state index contributed by atoms with van der Waals surface area (Å²) in [5, 5.41) is 3.25. The van der Waals surface area contributed by atoms with Crippen molar-refractivity contribution in [1.82, 2.24) is 10.2 Å². The van der Waals surface area contributed by atoms with E-state index in [9.17, 15) is 31.2 Å². The lowest BCUT2D eigenvalue weighted by Gasteiger charge is -2.35. The van der Waals surface area contributed by atoms with Crippen LogP contribution in [0.2, 0.25) is 10.0 Å². The molecule has 210 valence electrons. The van der Waals surface area contributed by atoms with Crippen molar-refractivity contribution in [2.45, 2.75) is 58.4 Å². The highest BCUT2D eigenvalue weighted by atomic mass is 35.5. The first-order valence-corrected chi connectivity index (χ1v) is 14.1. The van der Waals surface area contributed by atoms with E-state index in [0.717, 1.165) is 29.4 Å². The minimum atomic E-state index is -4.73. The van der Waals surface area contributed by atoms with E-state index >= 15 is 0 Å². The summed E-state index contributed by atoms with van der Waals surface area (Å²) in [5.74, 6) is -1.33. The Hall–Kier alpha value is -2.50. The number of hydrogen-bond acceptors (Lipinski definition) is 4. The molecule has 0 aromatic heterocycles. The first-order chi connectivity index (χ1) is 17.3. The smallest absolute Gasteiger partial charge is 0.350 e. The summed E-state index contributed by atoms with van der Waals surface area (Å²) >= 11 is 12.6. The summed E-state index contributed by atoms with van der Waals surface area (Å²) in [6.45, 7) is 5.84. The maximum absolute atomic E-state index is 13.7. The van der Waals surface area contributed by atoms with Crippen LogP contribution < -0.4 is 9.62 Å². The van der Waals surface area contributed by atoms with E-state index in [1.54, 1.807) is 45.9 Å². The number of sulfonamides is 1. The molecule has 2 aromatic rings. The van der Waals surface area contributed by atoms with Crippen molar-refractivity contribution >= 4 is 50.7 Å². The van der Waals surface area contributed by atoms with Crippen LogP contribution in [0.1, 0.15) is 45.2 Å². The second kappa shape index (κ2) is 12.1. The number of carbonyl (C=O) groups is 2. The molecule has 0 bridgehead atoms. The summed E-state index contributed by atoms with van der Waals surface area (Å²) in [6.07, 6.45) is -3.80. The van der Waals surface area contributed by atoms with Gasteiger partial charge in [0.1, 0.15) is 12.6 Å². The van der Waals surface area contributed by atoms with E-state index < -0.39 is 51.7 Å². The third-order valence-corrected chi connectivity index (χ3v) is 7.26. The Morgan fingerprint density at radius 1 is 1.03 bits per heavy atom. The van der Waals surface area contributed by atoms with E-state index in [-0.39, 0.29) is 28.7 Å². The average Bonchev–Trinajstić information content (AvgIpc) is 2.76. The molecule has 2 amide bonds. The van der Waals surface area contributed by atoms with Crippen LogP contribution in [0.4, 0.5) is 18.9 Å². The van der Waals surface area contributed by atoms with E-state index in [4.69, 9.17) is 23.2 Å². The highest BCUT2D eigenvalue weighted by Gasteiger charge is 2.35. The van der Waals surface area contributed by atoms with E-state index in [1.165, 1.54) is 0 Å². The zero-order chi connectivity index (χ0) is 29.1. The van der Waals surface area contributed by atoms with Crippen LogP contribution in [0.15, 0.2) is 42.5 Å². The van der Waals surface area contributed by atoms with Crippen molar-refractivity contribution in [3.8, 4) is 0 Å². The SMILES string of the molecule is CCC(C(=O)NC(C)(C)C)N(Cc1c(Cl)cccc1Cl)C(=O)CN(c1cccc(C(F)(F)F)c1)S(C)(=O)=O. The number of amides is 2. The average molecular weight is 596 g/mol. The van der Waals surface area contributed by atoms with Crippen LogP contribution in [-0.2, 0) is 32.3 Å². The molecule has 0 heterocycles. The predicted molar refractivity (Wildman–Crippen MR) is 143 cm³/mol. The van der Waals surface area contributed by atoms with Gasteiger partial charge in [0.05, 0.1) is 17.5 Å². The van der Waals surface area contributed by atoms with Gasteiger partial charge in [-0.25, -0.2) is 8.42 Å². The summed E-state index contributed by atoms with van der Waals surface area (Å²) < 4.78 is 65.7. The molecule has 0 saturated heterocycles. The van der Waals surface area contributed by atoms with Crippen LogP contribution in [-0.4, -0.2) is 49.5 Å². The molecule has 0 aliphatic rings. The van der Waals surface area contributed by atoms with Crippen molar-refractivity contribution < 1.29 is 31.2 Å². The fourth-order valence-electron chi connectivity index (χ4n) is 3.68. The molecule has 0 spiro atoms. The molecule has 7 nitrogen and oxygen atoms in total. The maximum Gasteiger partial charge on any atom is 0.416 e. The van der Waals surface area contributed by atoms with E-state index in [0.29, 0.717) is 15.9 Å². The topological polar surface area (TPSA) is 86.8 Å². The first kappa shape index (κ1) is 31.7. The minimum absolute atomic E-state index is 0.151. The molecule has 0 fully saturated rings. The van der Waals surface area contributed by atoms with Gasteiger partial charge in [-0.2, -0.15) is 13.2 Å². The number of nitrogens with one attached hydrogen (secondary N) is 1. The molecule has 0 aliphatic carbocycles. The number of halogens is 5. The van der Waals surface area contributed by atoms with Gasteiger partial charge >= 0.3 is 6.18 Å². The van der Waals surface area contributed by atoms with Gasteiger partial charge in [0.25, 0.3) is 0 Å². The van der Waals surface area contributed by atoms with Crippen molar-refractivity contribution in [2.24, 2.45) is 0 Å². The zero-order valence-electron chi connectivity index (χ0n) is 21.6. The normalized spacial score (nSPS) is 13.1. The lowest BCUT2D eigenvalue weighted by atomic mass is 10.1. The zero-order valence-corrected chi connectivity index (χ0v) is 23.9. The number of carbonyl (C=O) groups excluding carboxylic acids is 2. The number of nitrogens with zero attached hydrogens (tertiary/aromatic N) is 2. The summed E-state index contributed by atoms with van der Waals surface area (Å²) in [7, 11) is -4.21. The lowest BCUT2D eigenvalue weighted by Crippen LogP contribution is -2.55. The monoisotopic (exact) mass is 595 g/mol. The van der Waals surface area contributed by atoms with Gasteiger partial charge in [-0.05, 0) is 57.5 Å². The number of rotatable bonds is 9. The van der Waals surface area contributed by atoms with Crippen LogP contribution in [0.5, 0.6) is 0 Å². The van der Waals surface area contributed by atoms with Crippen molar-refractivity contribution in [1.29, 1.82) is 0 Å². The fourth-order valence-corrected chi connectivity index (χ4v) is 5.04. The van der Waals surface area contributed by atoms with Crippen molar-refractivity contribution in [2.75, 3.05) is 17.1 Å². The molecule has 1 atom stereocenters. The quantitative estimate of drug-likeness (QED) is 0.414. The highest BCUT2D eigenvalue weighted by molar-refractivity contribution is 7.92. The Morgan fingerprint density at radius 3 is 2.05 bits per heavy atom. The molecular weight excluding hydrogens is 566 g/mol. The number of alkyl halides is 3. The van der Waals surface area contributed by atoms with E-state index in [2.05, 4.69) is 5.32 Å². The molecule has 2 rings (SSSR count). The summed E-state index contributed by atoms with van der Waals surface area (Å²) in [4.78, 5) is 28.0. The molecule has 0 aliphatic heterocycles. The molecule has 38 heavy (non-hydrogen) atoms. The minimum Gasteiger partial charge on any atom is -0.350 e. The van der Waals surface area contributed by atoms with Gasteiger partial charge in [0, 0.05) is 27.7 Å². The van der Waals surface area contributed by atoms with Gasteiger partial charge in [-0.1, -0.05) is 42.3 Å². The second-order valence-corrected chi connectivity index (χ2v) is 12.4. The molecule has 1 N–H and O–H groups in total. The third-order valence-electron chi connectivity index (χ3n) is 5.41. The Bertz CT molecular complexity index is 1260. The molecule has 1 unspecified atom stereocenters. The number of hydrogen-bond donors (Lipinski definition) is 1. The predicted octanol–water partition coefficient (Wildman–Crippen LogP) is 5.50. The van der Waals surface area contributed by atoms with Crippen LogP contribution in [0, 0.1) is 0 Å². The van der Waals surface area contributed by atoms with Crippen LogP contribution >= 0.6 is 23.2 Å². The standard InChI is InChI=1S/C25H30Cl2F3N3O4S/c1-6-21(23(35)31-24(2,3)4)32(14-18-19(26)11-8-12-20(18)27)22(34)15-33(38(5,36)37)17-10-7-9-16(13-17)25(28,29)30/h7-13,21H,6,14-15H2,1-5H3,(H,31,35). The largest absolute Gasteiger partial charge is 0.416 e. The molecule has 13 heteroatoms. The second-order valence-electron chi connectivity index (χ2n) is 9.70. The Kier molecular flexibility index (Phi) is 10.1. The Balaban J connectivity index is 2.57. The van der Waals surface area contributed by atoms with Gasteiger partial charge in [-0.3, -0.25) is 13.9 Å². The number of benzene rings is 2. The Labute approximate surface area is 230 Å². The van der Waals surface area contributed by atoms with E-state index in [1.807, 2.05) is 0 Å². The lowest BCUT2D eigenvalue weighted by molar-refractivity contribution is -0.141. The van der Waals surface area contributed by atoms with Gasteiger partial charge < -0.3 is 10.2 Å². The molecule has 0 radical (unpaired) electrons. The Morgan fingerprint density at radius 2 is 1.58 bits per heavy atom. The van der Waals surface area contributed by atoms with Gasteiger partial charge in [0.2, 0.25) is 21.8 Å². The summed E-state index contributed by atoms with van der Waals surface area (Å²) in [6, 6.07) is 7.28. The van der Waals surface area contributed by atoms with Crippen LogP contribution in [0.3, 0.4) is 0 Å². The van der Waals surface area contributed by atoms with Crippen molar-refractivity contribution in [3.63, 3.8) is 0 Å². The van der Waals surface area contributed by atoms with Gasteiger partial charge in [0.15, 0.2) is 0 Å². The summed E-state index contributed by atoms with van der Waals surface area (Å²) in [5.41, 5.74) is -1.74. The first-order valence-electron chi connectivity index (χ1n) is 11.5. The highest BCUT2D eigenvalue weighted by Crippen LogP contribution is 2.33. The molecular formula is C25H30Cl2F3N3O4S. The third kappa shape index (κ3) is 8.51.